The summed E-state index contributed by atoms with van der Waals surface area (Å²) in [7, 11) is 0. The minimum atomic E-state index is -0.267. The van der Waals surface area contributed by atoms with Gasteiger partial charge in [-0.25, -0.2) is 4.39 Å². The van der Waals surface area contributed by atoms with Crippen molar-refractivity contribution in [1.82, 2.24) is 5.32 Å². The predicted molar refractivity (Wildman–Crippen MR) is 68.3 cm³/mol. The maximum atomic E-state index is 13.5. The van der Waals surface area contributed by atoms with Gasteiger partial charge in [0, 0.05) is 0 Å². The van der Waals surface area contributed by atoms with Gasteiger partial charge in [-0.3, -0.25) is 0 Å². The van der Waals surface area contributed by atoms with Gasteiger partial charge in [-0.2, -0.15) is 0 Å². The molecule has 1 aromatic carbocycles. The summed E-state index contributed by atoms with van der Waals surface area (Å²) >= 11 is 3.15. The molecular formula is C13H13BrFNO. The van der Waals surface area contributed by atoms with Gasteiger partial charge in [0.15, 0.2) is 0 Å². The Labute approximate surface area is 108 Å². The summed E-state index contributed by atoms with van der Waals surface area (Å²) < 4.78 is 19.4. The van der Waals surface area contributed by atoms with Crippen molar-refractivity contribution < 1.29 is 8.81 Å². The molecule has 0 radical (unpaired) electrons. The highest BCUT2D eigenvalue weighted by Gasteiger charge is 2.16. The van der Waals surface area contributed by atoms with Crippen LogP contribution in [0.5, 0.6) is 0 Å². The van der Waals surface area contributed by atoms with Crippen LogP contribution in [0.3, 0.4) is 0 Å². The lowest BCUT2D eigenvalue weighted by atomic mass is 10.0. The molecule has 0 saturated carbocycles. The predicted octanol–water partition coefficient (Wildman–Crippen LogP) is 3.88. The van der Waals surface area contributed by atoms with Crippen molar-refractivity contribution in [3.63, 3.8) is 0 Å². The molecule has 2 aromatic rings. The molecule has 4 heteroatoms. The average Bonchev–Trinajstić information content (AvgIpc) is 2.83. The van der Waals surface area contributed by atoms with Crippen molar-refractivity contribution in [3.05, 3.63) is 58.2 Å². The van der Waals surface area contributed by atoms with E-state index in [-0.39, 0.29) is 11.9 Å². The number of halogens is 2. The molecule has 0 bridgehead atoms. The molecule has 1 heterocycles. The first-order valence-electron chi connectivity index (χ1n) is 5.44. The Bertz CT molecular complexity index is 484. The second-order valence-electron chi connectivity index (χ2n) is 3.68. The third-order valence-corrected chi connectivity index (χ3v) is 3.16. The van der Waals surface area contributed by atoms with E-state index in [4.69, 9.17) is 4.42 Å². The number of hydrogen-bond acceptors (Lipinski definition) is 2. The zero-order chi connectivity index (χ0) is 12.3. The maximum absolute atomic E-state index is 13.5. The largest absolute Gasteiger partial charge is 0.467 e. The minimum Gasteiger partial charge on any atom is -0.467 e. The SMILES string of the molecule is CCNC(c1ccc(Br)c(F)c1)c1ccco1. The fourth-order valence-corrected chi connectivity index (χ4v) is 1.98. The highest BCUT2D eigenvalue weighted by atomic mass is 79.9. The smallest absolute Gasteiger partial charge is 0.137 e. The highest BCUT2D eigenvalue weighted by Crippen LogP contribution is 2.25. The van der Waals surface area contributed by atoms with Crippen molar-refractivity contribution in [1.29, 1.82) is 0 Å². The Hall–Kier alpha value is -1.13. The third-order valence-electron chi connectivity index (χ3n) is 2.51. The van der Waals surface area contributed by atoms with Gasteiger partial charge in [0.05, 0.1) is 16.8 Å². The minimum absolute atomic E-state index is 0.113. The van der Waals surface area contributed by atoms with Crippen LogP contribution in [0.4, 0.5) is 4.39 Å². The number of rotatable bonds is 4. The van der Waals surface area contributed by atoms with Gasteiger partial charge in [0.2, 0.25) is 0 Å². The van der Waals surface area contributed by atoms with Gasteiger partial charge in [-0.1, -0.05) is 13.0 Å². The summed E-state index contributed by atoms with van der Waals surface area (Å²) in [6.45, 7) is 2.79. The van der Waals surface area contributed by atoms with Crippen LogP contribution in [0.1, 0.15) is 24.3 Å². The Morgan fingerprint density at radius 3 is 2.82 bits per heavy atom. The van der Waals surface area contributed by atoms with Crippen LogP contribution in [0.15, 0.2) is 45.5 Å². The first-order valence-corrected chi connectivity index (χ1v) is 6.23. The quantitative estimate of drug-likeness (QED) is 0.926. The van der Waals surface area contributed by atoms with E-state index < -0.39 is 0 Å². The van der Waals surface area contributed by atoms with Gasteiger partial charge in [-0.15, -0.1) is 0 Å². The molecule has 0 amide bonds. The molecule has 0 fully saturated rings. The number of nitrogens with one attached hydrogen (secondary N) is 1. The molecule has 1 unspecified atom stereocenters. The van der Waals surface area contributed by atoms with Crippen LogP contribution in [0, 0.1) is 5.82 Å². The van der Waals surface area contributed by atoms with Crippen LogP contribution < -0.4 is 5.32 Å². The molecule has 2 nitrogen and oxygen atoms in total. The molecule has 1 N–H and O–H groups in total. The zero-order valence-corrected chi connectivity index (χ0v) is 11.0. The fraction of sp³-hybridized carbons (Fsp3) is 0.231. The first-order chi connectivity index (χ1) is 8.22. The normalized spacial score (nSPS) is 12.6. The summed E-state index contributed by atoms with van der Waals surface area (Å²) in [6.07, 6.45) is 1.62. The van der Waals surface area contributed by atoms with Crippen molar-refractivity contribution >= 4 is 15.9 Å². The van der Waals surface area contributed by atoms with Crippen molar-refractivity contribution in [2.45, 2.75) is 13.0 Å². The molecule has 17 heavy (non-hydrogen) atoms. The van der Waals surface area contributed by atoms with E-state index >= 15 is 0 Å². The molecule has 0 saturated heterocycles. The van der Waals surface area contributed by atoms with Crippen molar-refractivity contribution in [2.24, 2.45) is 0 Å². The molecule has 1 atom stereocenters. The van der Waals surface area contributed by atoms with E-state index in [9.17, 15) is 4.39 Å². The van der Waals surface area contributed by atoms with E-state index in [1.54, 1.807) is 12.3 Å². The van der Waals surface area contributed by atoms with E-state index in [1.165, 1.54) is 6.07 Å². The average molecular weight is 298 g/mol. The summed E-state index contributed by atoms with van der Waals surface area (Å²) in [6, 6.07) is 8.70. The molecule has 0 aliphatic rings. The summed E-state index contributed by atoms with van der Waals surface area (Å²) in [5.74, 6) is 0.519. The Morgan fingerprint density at radius 1 is 1.41 bits per heavy atom. The molecule has 0 spiro atoms. The lowest BCUT2D eigenvalue weighted by Crippen LogP contribution is -2.21. The van der Waals surface area contributed by atoms with Gasteiger partial charge in [0.1, 0.15) is 11.6 Å². The highest BCUT2D eigenvalue weighted by molar-refractivity contribution is 9.10. The number of hydrogen-bond donors (Lipinski definition) is 1. The molecule has 0 aliphatic carbocycles. The first kappa shape index (κ1) is 12.3. The standard InChI is InChI=1S/C13H13BrFNO/c1-2-16-13(12-4-3-7-17-12)9-5-6-10(14)11(15)8-9/h3-8,13,16H,2H2,1H3. The van der Waals surface area contributed by atoms with E-state index in [0.717, 1.165) is 17.9 Å². The third kappa shape index (κ3) is 2.76. The van der Waals surface area contributed by atoms with Crippen LogP contribution in [0.2, 0.25) is 0 Å². The van der Waals surface area contributed by atoms with Gasteiger partial charge in [-0.05, 0) is 52.3 Å². The number of furan rings is 1. The monoisotopic (exact) mass is 297 g/mol. The van der Waals surface area contributed by atoms with Crippen LogP contribution in [-0.2, 0) is 0 Å². The molecule has 0 aliphatic heterocycles. The Morgan fingerprint density at radius 2 is 2.24 bits per heavy atom. The number of benzene rings is 1. The Kier molecular flexibility index (Phi) is 3.97. The van der Waals surface area contributed by atoms with E-state index in [1.807, 2.05) is 25.1 Å². The van der Waals surface area contributed by atoms with Crippen LogP contribution in [-0.4, -0.2) is 6.54 Å². The van der Waals surface area contributed by atoms with Crippen LogP contribution >= 0.6 is 15.9 Å². The van der Waals surface area contributed by atoms with Crippen molar-refractivity contribution in [3.8, 4) is 0 Å². The summed E-state index contributed by atoms with van der Waals surface area (Å²) in [5, 5.41) is 3.27. The molecular weight excluding hydrogens is 285 g/mol. The summed E-state index contributed by atoms with van der Waals surface area (Å²) in [4.78, 5) is 0. The van der Waals surface area contributed by atoms with Crippen LogP contribution in [0.25, 0.3) is 0 Å². The lowest BCUT2D eigenvalue weighted by molar-refractivity contribution is 0.451. The van der Waals surface area contributed by atoms with Gasteiger partial charge >= 0.3 is 0 Å². The molecule has 90 valence electrons. The second-order valence-corrected chi connectivity index (χ2v) is 4.53. The van der Waals surface area contributed by atoms with Gasteiger partial charge < -0.3 is 9.73 Å². The Balaban J connectivity index is 2.35. The summed E-state index contributed by atoms with van der Waals surface area (Å²) in [5.41, 5.74) is 0.850. The maximum Gasteiger partial charge on any atom is 0.137 e. The fourth-order valence-electron chi connectivity index (χ4n) is 1.73. The second kappa shape index (κ2) is 5.47. The van der Waals surface area contributed by atoms with E-state index in [2.05, 4.69) is 21.2 Å². The van der Waals surface area contributed by atoms with Gasteiger partial charge in [0.25, 0.3) is 0 Å². The van der Waals surface area contributed by atoms with Crippen molar-refractivity contribution in [2.75, 3.05) is 6.54 Å². The zero-order valence-electron chi connectivity index (χ0n) is 9.41. The molecule has 2 rings (SSSR count). The topological polar surface area (TPSA) is 25.2 Å². The lowest BCUT2D eigenvalue weighted by Gasteiger charge is -2.16. The molecule has 1 aromatic heterocycles. The van der Waals surface area contributed by atoms with E-state index in [0.29, 0.717) is 4.47 Å².